The summed E-state index contributed by atoms with van der Waals surface area (Å²) in [5.74, 6) is 1.71. The lowest BCUT2D eigenvalue weighted by Crippen LogP contribution is -2.40. The summed E-state index contributed by atoms with van der Waals surface area (Å²) >= 11 is 0. The van der Waals surface area contributed by atoms with Gasteiger partial charge in [-0.3, -0.25) is 4.68 Å². The average molecular weight is 305 g/mol. The molecule has 0 aliphatic heterocycles. The number of hydrogen-bond acceptors (Lipinski definition) is 2. The highest BCUT2D eigenvalue weighted by Gasteiger charge is 2.12. The van der Waals surface area contributed by atoms with Gasteiger partial charge in [0.2, 0.25) is 0 Å². The SMILES string of the molecule is CCNC(=NCc1ccnn1C)NCC1CCCCCCC1. The van der Waals surface area contributed by atoms with Crippen molar-refractivity contribution in [2.24, 2.45) is 18.0 Å². The van der Waals surface area contributed by atoms with Crippen LogP contribution in [0.4, 0.5) is 0 Å². The summed E-state index contributed by atoms with van der Waals surface area (Å²) in [7, 11) is 1.96. The van der Waals surface area contributed by atoms with E-state index in [1.165, 1.54) is 44.9 Å². The highest BCUT2D eigenvalue weighted by Crippen LogP contribution is 2.21. The summed E-state index contributed by atoms with van der Waals surface area (Å²) in [5.41, 5.74) is 1.13. The van der Waals surface area contributed by atoms with Crippen molar-refractivity contribution in [3.05, 3.63) is 18.0 Å². The standard InChI is InChI=1S/C17H31N5/c1-3-18-17(20-14-16-11-12-21-22(16)2)19-13-15-9-7-5-4-6-8-10-15/h11-12,15H,3-10,13-14H2,1-2H3,(H2,18,19,20). The van der Waals surface area contributed by atoms with Gasteiger partial charge in [0.15, 0.2) is 5.96 Å². The number of guanidine groups is 1. The van der Waals surface area contributed by atoms with Crippen LogP contribution < -0.4 is 10.6 Å². The van der Waals surface area contributed by atoms with Crippen LogP contribution in [0.15, 0.2) is 17.3 Å². The molecule has 0 amide bonds. The third-order valence-corrected chi connectivity index (χ3v) is 4.45. The van der Waals surface area contributed by atoms with Gasteiger partial charge >= 0.3 is 0 Å². The zero-order valence-corrected chi connectivity index (χ0v) is 14.1. The molecule has 0 unspecified atom stereocenters. The normalized spacial score (nSPS) is 17.8. The fourth-order valence-electron chi connectivity index (χ4n) is 3.04. The number of hydrogen-bond donors (Lipinski definition) is 2. The number of nitrogens with zero attached hydrogens (tertiary/aromatic N) is 3. The summed E-state index contributed by atoms with van der Waals surface area (Å²) < 4.78 is 1.88. The molecule has 1 aromatic heterocycles. The summed E-state index contributed by atoms with van der Waals surface area (Å²) in [6.07, 6.45) is 11.5. The minimum atomic E-state index is 0.663. The Morgan fingerprint density at radius 3 is 2.59 bits per heavy atom. The molecule has 124 valence electrons. The lowest BCUT2D eigenvalue weighted by atomic mass is 9.91. The molecule has 1 aliphatic carbocycles. The first-order valence-corrected chi connectivity index (χ1v) is 8.78. The Morgan fingerprint density at radius 1 is 1.23 bits per heavy atom. The van der Waals surface area contributed by atoms with E-state index < -0.39 is 0 Å². The van der Waals surface area contributed by atoms with Crippen molar-refractivity contribution < 1.29 is 0 Å². The summed E-state index contributed by atoms with van der Waals surface area (Å²) in [6.45, 7) is 4.70. The first kappa shape index (κ1) is 16.8. The zero-order chi connectivity index (χ0) is 15.6. The number of rotatable bonds is 5. The van der Waals surface area contributed by atoms with E-state index in [0.717, 1.165) is 30.7 Å². The van der Waals surface area contributed by atoms with Gasteiger partial charge in [-0.1, -0.05) is 32.1 Å². The van der Waals surface area contributed by atoms with E-state index >= 15 is 0 Å². The Morgan fingerprint density at radius 2 is 1.95 bits per heavy atom. The monoisotopic (exact) mass is 305 g/mol. The molecule has 0 radical (unpaired) electrons. The number of nitrogens with one attached hydrogen (secondary N) is 2. The minimum Gasteiger partial charge on any atom is -0.357 e. The van der Waals surface area contributed by atoms with Gasteiger partial charge in [-0.25, -0.2) is 4.99 Å². The van der Waals surface area contributed by atoms with E-state index in [1.807, 2.05) is 24.0 Å². The Hall–Kier alpha value is -1.52. The van der Waals surface area contributed by atoms with Crippen LogP contribution >= 0.6 is 0 Å². The van der Waals surface area contributed by atoms with Crippen LogP contribution in [-0.4, -0.2) is 28.8 Å². The van der Waals surface area contributed by atoms with Crippen molar-refractivity contribution in [1.29, 1.82) is 0 Å². The first-order valence-electron chi connectivity index (χ1n) is 8.78. The Kier molecular flexibility index (Phi) is 7.26. The minimum absolute atomic E-state index is 0.663. The lowest BCUT2D eigenvalue weighted by molar-refractivity contribution is 0.375. The molecule has 5 heteroatoms. The third-order valence-electron chi connectivity index (χ3n) is 4.45. The van der Waals surface area contributed by atoms with E-state index in [-0.39, 0.29) is 0 Å². The molecule has 0 spiro atoms. The van der Waals surface area contributed by atoms with E-state index in [2.05, 4.69) is 27.6 Å². The van der Waals surface area contributed by atoms with Gasteiger partial charge in [0.05, 0.1) is 12.2 Å². The van der Waals surface area contributed by atoms with Gasteiger partial charge < -0.3 is 10.6 Å². The smallest absolute Gasteiger partial charge is 0.191 e. The largest absolute Gasteiger partial charge is 0.357 e. The molecular formula is C17H31N5. The van der Waals surface area contributed by atoms with Crippen molar-refractivity contribution in [3.63, 3.8) is 0 Å². The Bertz CT molecular complexity index is 444. The molecule has 1 aromatic rings. The molecule has 0 aromatic carbocycles. The molecule has 1 saturated carbocycles. The number of aromatic nitrogens is 2. The predicted octanol–water partition coefficient (Wildman–Crippen LogP) is 2.84. The molecule has 1 fully saturated rings. The Labute approximate surface area is 134 Å². The van der Waals surface area contributed by atoms with Crippen molar-refractivity contribution in [3.8, 4) is 0 Å². The highest BCUT2D eigenvalue weighted by atomic mass is 15.3. The van der Waals surface area contributed by atoms with Gasteiger partial charge in [-0.15, -0.1) is 0 Å². The van der Waals surface area contributed by atoms with Crippen LogP contribution in [0.25, 0.3) is 0 Å². The van der Waals surface area contributed by atoms with Crippen LogP contribution in [0.5, 0.6) is 0 Å². The van der Waals surface area contributed by atoms with Crippen LogP contribution in [-0.2, 0) is 13.6 Å². The second-order valence-electron chi connectivity index (χ2n) is 6.23. The van der Waals surface area contributed by atoms with Crippen LogP contribution in [0.2, 0.25) is 0 Å². The molecule has 0 bridgehead atoms. The maximum Gasteiger partial charge on any atom is 0.191 e. The maximum absolute atomic E-state index is 4.68. The van der Waals surface area contributed by atoms with Crippen LogP contribution in [0.3, 0.4) is 0 Å². The Balaban J connectivity index is 1.83. The van der Waals surface area contributed by atoms with Crippen molar-refractivity contribution in [2.45, 2.75) is 58.4 Å². The topological polar surface area (TPSA) is 54.2 Å². The zero-order valence-electron chi connectivity index (χ0n) is 14.1. The molecule has 2 N–H and O–H groups in total. The van der Waals surface area contributed by atoms with Gasteiger partial charge in [0.1, 0.15) is 0 Å². The average Bonchev–Trinajstić information content (AvgIpc) is 2.88. The second kappa shape index (κ2) is 9.49. The molecular weight excluding hydrogens is 274 g/mol. The molecule has 2 rings (SSSR count). The van der Waals surface area contributed by atoms with Crippen LogP contribution in [0, 0.1) is 5.92 Å². The molecule has 0 saturated heterocycles. The van der Waals surface area contributed by atoms with E-state index in [0.29, 0.717) is 6.54 Å². The third kappa shape index (κ3) is 5.70. The van der Waals surface area contributed by atoms with Crippen molar-refractivity contribution in [1.82, 2.24) is 20.4 Å². The van der Waals surface area contributed by atoms with Crippen molar-refractivity contribution >= 4 is 5.96 Å². The number of aliphatic imine (C=N–C) groups is 1. The fourth-order valence-corrected chi connectivity index (χ4v) is 3.04. The number of aryl methyl sites for hydroxylation is 1. The second-order valence-corrected chi connectivity index (χ2v) is 6.23. The molecule has 0 atom stereocenters. The quantitative estimate of drug-likeness (QED) is 0.650. The van der Waals surface area contributed by atoms with Gasteiger partial charge in [-0.2, -0.15) is 5.10 Å². The highest BCUT2D eigenvalue weighted by molar-refractivity contribution is 5.79. The van der Waals surface area contributed by atoms with E-state index in [9.17, 15) is 0 Å². The van der Waals surface area contributed by atoms with Crippen LogP contribution in [0.1, 0.15) is 57.6 Å². The van der Waals surface area contributed by atoms with Gasteiger partial charge in [0.25, 0.3) is 0 Å². The first-order chi connectivity index (χ1) is 10.8. The van der Waals surface area contributed by atoms with Crippen molar-refractivity contribution in [2.75, 3.05) is 13.1 Å². The lowest BCUT2D eigenvalue weighted by Gasteiger charge is -2.21. The predicted molar refractivity (Wildman–Crippen MR) is 91.8 cm³/mol. The molecule has 1 heterocycles. The van der Waals surface area contributed by atoms with E-state index in [1.54, 1.807) is 0 Å². The summed E-state index contributed by atoms with van der Waals surface area (Å²) in [6, 6.07) is 2.02. The summed E-state index contributed by atoms with van der Waals surface area (Å²) in [4.78, 5) is 4.68. The summed E-state index contributed by atoms with van der Waals surface area (Å²) in [5, 5.41) is 11.1. The molecule has 22 heavy (non-hydrogen) atoms. The molecule has 1 aliphatic rings. The van der Waals surface area contributed by atoms with Gasteiger partial charge in [-0.05, 0) is 31.7 Å². The fraction of sp³-hybridized carbons (Fsp3) is 0.765. The molecule has 5 nitrogen and oxygen atoms in total. The maximum atomic E-state index is 4.68. The van der Waals surface area contributed by atoms with Gasteiger partial charge in [0, 0.05) is 26.3 Å². The van der Waals surface area contributed by atoms with E-state index in [4.69, 9.17) is 0 Å².